The highest BCUT2D eigenvalue weighted by Crippen LogP contribution is 2.17. The van der Waals surface area contributed by atoms with Crippen molar-refractivity contribution in [3.05, 3.63) is 0 Å². The Morgan fingerprint density at radius 3 is 2.29 bits per heavy atom. The summed E-state index contributed by atoms with van der Waals surface area (Å²) in [5.74, 6) is -1.80. The molecule has 1 saturated carbocycles. The van der Waals surface area contributed by atoms with Gasteiger partial charge in [0, 0.05) is 6.04 Å². The van der Waals surface area contributed by atoms with Gasteiger partial charge < -0.3 is 21.1 Å². The van der Waals surface area contributed by atoms with Crippen molar-refractivity contribution in [1.82, 2.24) is 16.0 Å². The number of rotatable bonds is 6. The van der Waals surface area contributed by atoms with Gasteiger partial charge in [0.25, 0.3) is 0 Å². The van der Waals surface area contributed by atoms with Crippen molar-refractivity contribution in [2.75, 3.05) is 6.54 Å². The fourth-order valence-electron chi connectivity index (χ4n) is 2.38. The third-order valence-electron chi connectivity index (χ3n) is 3.60. The van der Waals surface area contributed by atoms with Crippen LogP contribution in [-0.2, 0) is 9.59 Å². The summed E-state index contributed by atoms with van der Waals surface area (Å²) in [4.78, 5) is 34.3. The van der Waals surface area contributed by atoms with Crippen molar-refractivity contribution in [1.29, 1.82) is 0 Å². The molecule has 0 unspecified atom stereocenters. The van der Waals surface area contributed by atoms with Crippen LogP contribution < -0.4 is 16.0 Å². The van der Waals surface area contributed by atoms with Gasteiger partial charge >= 0.3 is 12.0 Å². The van der Waals surface area contributed by atoms with E-state index in [1.165, 1.54) is 6.42 Å². The van der Waals surface area contributed by atoms with E-state index in [1.54, 1.807) is 13.8 Å². The fraction of sp³-hybridized carbons (Fsp3) is 0.786. The molecule has 0 aromatic heterocycles. The topological polar surface area (TPSA) is 108 Å². The molecule has 7 nitrogen and oxygen atoms in total. The molecule has 0 aliphatic heterocycles. The van der Waals surface area contributed by atoms with Crippen molar-refractivity contribution in [2.24, 2.45) is 5.92 Å². The molecule has 1 rings (SSSR count). The van der Waals surface area contributed by atoms with Gasteiger partial charge in [0.1, 0.15) is 6.04 Å². The molecule has 1 fully saturated rings. The maximum absolute atomic E-state index is 11.7. The number of hydrogen-bond donors (Lipinski definition) is 4. The summed E-state index contributed by atoms with van der Waals surface area (Å²) in [5.41, 5.74) is 0. The molecule has 1 aliphatic rings. The predicted molar refractivity (Wildman–Crippen MR) is 77.8 cm³/mol. The van der Waals surface area contributed by atoms with Crippen LogP contribution in [0.15, 0.2) is 0 Å². The largest absolute Gasteiger partial charge is 0.480 e. The number of aliphatic carboxylic acids is 1. The minimum atomic E-state index is -1.08. The monoisotopic (exact) mass is 299 g/mol. The molecule has 3 amide bonds. The Kier molecular flexibility index (Phi) is 6.98. The van der Waals surface area contributed by atoms with E-state index in [1.807, 2.05) is 0 Å². The first kappa shape index (κ1) is 17.3. The molecule has 21 heavy (non-hydrogen) atoms. The van der Waals surface area contributed by atoms with Gasteiger partial charge in [-0.1, -0.05) is 33.1 Å². The first-order chi connectivity index (χ1) is 9.90. The van der Waals surface area contributed by atoms with Crippen LogP contribution in [-0.4, -0.2) is 41.6 Å². The second-order valence-electron chi connectivity index (χ2n) is 5.79. The third kappa shape index (κ3) is 6.46. The number of carbonyl (C=O) groups is 3. The first-order valence-corrected chi connectivity index (χ1v) is 7.46. The molecule has 0 aromatic rings. The summed E-state index contributed by atoms with van der Waals surface area (Å²) in [6, 6.07) is -1.15. The molecule has 7 heteroatoms. The van der Waals surface area contributed by atoms with Crippen LogP contribution in [0.2, 0.25) is 0 Å². The zero-order valence-corrected chi connectivity index (χ0v) is 12.6. The van der Waals surface area contributed by atoms with Crippen LogP contribution in [0, 0.1) is 5.92 Å². The Hall–Kier alpha value is -1.79. The number of carbonyl (C=O) groups excluding carboxylic acids is 2. The van der Waals surface area contributed by atoms with Crippen LogP contribution >= 0.6 is 0 Å². The lowest BCUT2D eigenvalue weighted by Gasteiger charge is -2.23. The molecule has 1 aliphatic carbocycles. The third-order valence-corrected chi connectivity index (χ3v) is 3.60. The zero-order chi connectivity index (χ0) is 15.8. The van der Waals surface area contributed by atoms with Crippen molar-refractivity contribution in [2.45, 2.75) is 58.0 Å². The SMILES string of the molecule is CC(C)[C@@H](NC(=O)CNC(=O)NC1CCCCC1)C(=O)O. The highest BCUT2D eigenvalue weighted by Gasteiger charge is 2.23. The van der Waals surface area contributed by atoms with Gasteiger partial charge in [-0.2, -0.15) is 0 Å². The first-order valence-electron chi connectivity index (χ1n) is 7.46. The van der Waals surface area contributed by atoms with Gasteiger partial charge in [0.05, 0.1) is 6.54 Å². The molecule has 1 atom stereocenters. The van der Waals surface area contributed by atoms with E-state index >= 15 is 0 Å². The summed E-state index contributed by atoms with van der Waals surface area (Å²) in [6.45, 7) is 3.19. The molecule has 0 bridgehead atoms. The van der Waals surface area contributed by atoms with Crippen LogP contribution in [0.25, 0.3) is 0 Å². The van der Waals surface area contributed by atoms with E-state index in [-0.39, 0.29) is 24.5 Å². The van der Waals surface area contributed by atoms with Crippen LogP contribution in [0.1, 0.15) is 46.0 Å². The van der Waals surface area contributed by atoms with Gasteiger partial charge in [0.15, 0.2) is 0 Å². The maximum Gasteiger partial charge on any atom is 0.326 e. The smallest absolute Gasteiger partial charge is 0.326 e. The zero-order valence-electron chi connectivity index (χ0n) is 12.6. The van der Waals surface area contributed by atoms with E-state index in [4.69, 9.17) is 5.11 Å². The lowest BCUT2D eigenvalue weighted by Crippen LogP contribution is -2.50. The Bertz CT molecular complexity index is 378. The summed E-state index contributed by atoms with van der Waals surface area (Å²) in [6.07, 6.45) is 5.36. The molecular weight excluding hydrogens is 274 g/mol. The Balaban J connectivity index is 2.28. The number of carboxylic acid groups (broad SMARTS) is 1. The van der Waals surface area contributed by atoms with E-state index in [9.17, 15) is 14.4 Å². The van der Waals surface area contributed by atoms with Gasteiger partial charge in [-0.15, -0.1) is 0 Å². The molecule has 0 heterocycles. The Morgan fingerprint density at radius 1 is 1.14 bits per heavy atom. The van der Waals surface area contributed by atoms with E-state index in [0.717, 1.165) is 25.7 Å². The maximum atomic E-state index is 11.7. The van der Waals surface area contributed by atoms with Crippen molar-refractivity contribution >= 4 is 17.9 Å². The standard InChI is InChI=1S/C14H25N3O4/c1-9(2)12(13(19)20)17-11(18)8-15-14(21)16-10-6-4-3-5-7-10/h9-10,12H,3-8H2,1-2H3,(H,17,18)(H,19,20)(H2,15,16,21)/t12-/m1/s1. The number of carboxylic acids is 1. The summed E-state index contributed by atoms with van der Waals surface area (Å²) in [5, 5.41) is 16.7. The summed E-state index contributed by atoms with van der Waals surface area (Å²) in [7, 11) is 0. The van der Waals surface area contributed by atoms with Crippen molar-refractivity contribution in [3.8, 4) is 0 Å². The Labute approximate surface area is 124 Å². The average molecular weight is 299 g/mol. The lowest BCUT2D eigenvalue weighted by atomic mass is 9.96. The molecule has 120 valence electrons. The number of urea groups is 1. The highest BCUT2D eigenvalue weighted by atomic mass is 16.4. The second-order valence-corrected chi connectivity index (χ2v) is 5.79. The normalized spacial score (nSPS) is 17.1. The lowest BCUT2D eigenvalue weighted by molar-refractivity contribution is -0.142. The predicted octanol–water partition coefficient (Wildman–Crippen LogP) is 0.844. The number of hydrogen-bond acceptors (Lipinski definition) is 3. The van der Waals surface area contributed by atoms with E-state index in [2.05, 4.69) is 16.0 Å². The molecular formula is C14H25N3O4. The molecule has 0 aromatic carbocycles. The summed E-state index contributed by atoms with van der Waals surface area (Å²) < 4.78 is 0. The molecule has 0 spiro atoms. The Morgan fingerprint density at radius 2 is 1.76 bits per heavy atom. The number of amides is 3. The minimum absolute atomic E-state index is 0.171. The molecule has 4 N–H and O–H groups in total. The van der Waals surface area contributed by atoms with Gasteiger partial charge in [-0.05, 0) is 18.8 Å². The van der Waals surface area contributed by atoms with E-state index < -0.39 is 17.9 Å². The van der Waals surface area contributed by atoms with E-state index in [0.29, 0.717) is 0 Å². The highest BCUT2D eigenvalue weighted by molar-refractivity contribution is 5.87. The summed E-state index contributed by atoms with van der Waals surface area (Å²) >= 11 is 0. The van der Waals surface area contributed by atoms with Crippen LogP contribution in [0.3, 0.4) is 0 Å². The quantitative estimate of drug-likeness (QED) is 0.583. The minimum Gasteiger partial charge on any atom is -0.480 e. The van der Waals surface area contributed by atoms with Crippen molar-refractivity contribution < 1.29 is 19.5 Å². The average Bonchev–Trinajstić information content (AvgIpc) is 2.43. The van der Waals surface area contributed by atoms with Gasteiger partial charge in [-0.25, -0.2) is 9.59 Å². The number of nitrogens with one attached hydrogen (secondary N) is 3. The van der Waals surface area contributed by atoms with Gasteiger partial charge in [-0.3, -0.25) is 4.79 Å². The molecule has 0 saturated heterocycles. The molecule has 0 radical (unpaired) electrons. The van der Waals surface area contributed by atoms with Crippen molar-refractivity contribution in [3.63, 3.8) is 0 Å². The fourth-order valence-corrected chi connectivity index (χ4v) is 2.38. The van der Waals surface area contributed by atoms with Crippen LogP contribution in [0.4, 0.5) is 4.79 Å². The second kappa shape index (κ2) is 8.49. The van der Waals surface area contributed by atoms with Crippen LogP contribution in [0.5, 0.6) is 0 Å². The van der Waals surface area contributed by atoms with Gasteiger partial charge in [0.2, 0.25) is 5.91 Å².